The minimum absolute atomic E-state index is 0.169. The first kappa shape index (κ1) is 13.8. The Bertz CT molecular complexity index is 585. The fraction of sp³-hybridized carbons (Fsp3) is 0.417. The lowest BCUT2D eigenvalue weighted by Crippen LogP contribution is -2.61. The molecule has 0 aromatic heterocycles. The highest BCUT2D eigenvalue weighted by Gasteiger charge is 2.39. The molecule has 104 valence electrons. The standard InChI is InChI=1S/C12H16N2O4S/c1-12(16)7-14(8-12)11(15)9-3-5-10(6-4-9)13-19(2,17)18/h3-6,13,16H,7-8H2,1-2H3. The molecule has 1 fully saturated rings. The molecule has 7 heteroatoms. The van der Waals surface area contributed by atoms with Crippen LogP contribution in [0.3, 0.4) is 0 Å². The molecule has 1 amide bonds. The van der Waals surface area contributed by atoms with Crippen LogP contribution in [0, 0.1) is 0 Å². The van der Waals surface area contributed by atoms with E-state index in [4.69, 9.17) is 0 Å². The van der Waals surface area contributed by atoms with Crippen molar-refractivity contribution in [2.45, 2.75) is 12.5 Å². The van der Waals surface area contributed by atoms with Crippen LogP contribution in [0.4, 0.5) is 5.69 Å². The number of likely N-dealkylation sites (tertiary alicyclic amines) is 1. The van der Waals surface area contributed by atoms with Crippen molar-refractivity contribution in [3.63, 3.8) is 0 Å². The molecular formula is C12H16N2O4S. The van der Waals surface area contributed by atoms with Gasteiger partial charge in [-0.1, -0.05) is 0 Å². The SMILES string of the molecule is CC1(O)CN(C(=O)c2ccc(NS(C)(=O)=O)cc2)C1. The molecule has 19 heavy (non-hydrogen) atoms. The van der Waals surface area contributed by atoms with Crippen LogP contribution in [0.5, 0.6) is 0 Å². The van der Waals surface area contributed by atoms with Gasteiger partial charge in [-0.3, -0.25) is 9.52 Å². The Hall–Kier alpha value is -1.60. The largest absolute Gasteiger partial charge is 0.386 e. The van der Waals surface area contributed by atoms with Crippen molar-refractivity contribution in [3.8, 4) is 0 Å². The molecule has 2 rings (SSSR count). The molecular weight excluding hydrogens is 268 g/mol. The van der Waals surface area contributed by atoms with E-state index in [1.165, 1.54) is 12.1 Å². The number of carbonyl (C=O) groups excluding carboxylic acids is 1. The minimum Gasteiger partial charge on any atom is -0.386 e. The molecule has 0 bridgehead atoms. The van der Waals surface area contributed by atoms with Gasteiger partial charge in [-0.25, -0.2) is 8.42 Å². The van der Waals surface area contributed by atoms with E-state index in [0.29, 0.717) is 24.3 Å². The molecule has 1 heterocycles. The van der Waals surface area contributed by atoms with E-state index in [9.17, 15) is 18.3 Å². The summed E-state index contributed by atoms with van der Waals surface area (Å²) in [5.74, 6) is -0.169. The van der Waals surface area contributed by atoms with Gasteiger partial charge in [-0.2, -0.15) is 0 Å². The molecule has 0 aliphatic carbocycles. The van der Waals surface area contributed by atoms with E-state index in [-0.39, 0.29) is 5.91 Å². The smallest absolute Gasteiger partial charge is 0.254 e. The highest BCUT2D eigenvalue weighted by Crippen LogP contribution is 2.22. The summed E-state index contributed by atoms with van der Waals surface area (Å²) < 4.78 is 24.4. The van der Waals surface area contributed by atoms with Crippen molar-refractivity contribution < 1.29 is 18.3 Å². The van der Waals surface area contributed by atoms with Gasteiger partial charge in [0, 0.05) is 11.3 Å². The molecule has 6 nitrogen and oxygen atoms in total. The van der Waals surface area contributed by atoms with Crippen LogP contribution in [0.2, 0.25) is 0 Å². The van der Waals surface area contributed by atoms with Crippen molar-refractivity contribution in [2.75, 3.05) is 24.1 Å². The number of amides is 1. The lowest BCUT2D eigenvalue weighted by Gasteiger charge is -2.44. The first-order valence-electron chi connectivity index (χ1n) is 5.76. The Balaban J connectivity index is 2.05. The lowest BCUT2D eigenvalue weighted by atomic mass is 9.96. The van der Waals surface area contributed by atoms with Crippen LogP contribution in [0.1, 0.15) is 17.3 Å². The van der Waals surface area contributed by atoms with Crippen LogP contribution in [0.25, 0.3) is 0 Å². The van der Waals surface area contributed by atoms with Crippen molar-refractivity contribution in [1.82, 2.24) is 4.90 Å². The van der Waals surface area contributed by atoms with Crippen LogP contribution in [0.15, 0.2) is 24.3 Å². The predicted octanol–water partition coefficient (Wildman–Crippen LogP) is 0.265. The quantitative estimate of drug-likeness (QED) is 0.834. The first-order chi connectivity index (χ1) is 8.66. The van der Waals surface area contributed by atoms with Crippen molar-refractivity contribution in [2.24, 2.45) is 0 Å². The maximum atomic E-state index is 12.0. The third kappa shape index (κ3) is 3.45. The summed E-state index contributed by atoms with van der Waals surface area (Å²) in [5.41, 5.74) is 0.0807. The number of sulfonamides is 1. The Labute approximate surface area is 112 Å². The number of nitrogens with zero attached hydrogens (tertiary/aromatic N) is 1. The lowest BCUT2D eigenvalue weighted by molar-refractivity contribution is -0.0668. The molecule has 1 aliphatic heterocycles. The number of hydrogen-bond acceptors (Lipinski definition) is 4. The van der Waals surface area contributed by atoms with E-state index >= 15 is 0 Å². The molecule has 0 radical (unpaired) electrons. The Kier molecular flexibility index (Phi) is 3.27. The summed E-state index contributed by atoms with van der Waals surface area (Å²) in [4.78, 5) is 13.5. The average Bonchev–Trinajstić information content (AvgIpc) is 2.23. The summed E-state index contributed by atoms with van der Waals surface area (Å²) in [5, 5.41) is 9.58. The highest BCUT2D eigenvalue weighted by atomic mass is 32.2. The second-order valence-corrected chi connectivity index (χ2v) is 6.86. The molecule has 2 N–H and O–H groups in total. The zero-order valence-electron chi connectivity index (χ0n) is 10.8. The first-order valence-corrected chi connectivity index (χ1v) is 7.65. The van der Waals surface area contributed by atoms with Gasteiger partial charge in [-0.05, 0) is 31.2 Å². The van der Waals surface area contributed by atoms with Gasteiger partial charge in [0.05, 0.1) is 24.9 Å². The minimum atomic E-state index is -3.31. The van der Waals surface area contributed by atoms with E-state index in [1.54, 1.807) is 24.0 Å². The number of hydrogen-bond donors (Lipinski definition) is 2. The van der Waals surface area contributed by atoms with Gasteiger partial charge in [0.25, 0.3) is 5.91 Å². The molecule has 0 spiro atoms. The normalized spacial score (nSPS) is 17.7. The van der Waals surface area contributed by atoms with Crippen molar-refractivity contribution >= 4 is 21.6 Å². The molecule has 1 saturated heterocycles. The van der Waals surface area contributed by atoms with E-state index in [2.05, 4.69) is 4.72 Å². The fourth-order valence-electron chi connectivity index (χ4n) is 2.00. The van der Waals surface area contributed by atoms with Gasteiger partial charge in [0.15, 0.2) is 0 Å². The number of anilines is 1. The maximum Gasteiger partial charge on any atom is 0.254 e. The van der Waals surface area contributed by atoms with Crippen LogP contribution in [-0.2, 0) is 10.0 Å². The topological polar surface area (TPSA) is 86.7 Å². The molecule has 0 atom stereocenters. The van der Waals surface area contributed by atoms with Crippen LogP contribution in [-0.4, -0.2) is 49.3 Å². The number of nitrogens with one attached hydrogen (secondary N) is 1. The summed E-state index contributed by atoms with van der Waals surface area (Å²) in [6.45, 7) is 2.31. The summed E-state index contributed by atoms with van der Waals surface area (Å²) >= 11 is 0. The molecule has 1 aromatic carbocycles. The molecule has 1 aliphatic rings. The fourth-order valence-corrected chi connectivity index (χ4v) is 2.56. The highest BCUT2D eigenvalue weighted by molar-refractivity contribution is 7.92. The average molecular weight is 284 g/mol. The van der Waals surface area contributed by atoms with E-state index < -0.39 is 15.6 Å². The summed E-state index contributed by atoms with van der Waals surface area (Å²) in [6, 6.07) is 6.18. The van der Waals surface area contributed by atoms with Crippen molar-refractivity contribution in [3.05, 3.63) is 29.8 Å². The van der Waals surface area contributed by atoms with Crippen LogP contribution < -0.4 is 4.72 Å². The van der Waals surface area contributed by atoms with Gasteiger partial charge < -0.3 is 10.0 Å². The Morgan fingerprint density at radius 3 is 2.26 bits per heavy atom. The second-order valence-electron chi connectivity index (χ2n) is 5.11. The summed E-state index contributed by atoms with van der Waals surface area (Å²) in [7, 11) is -3.31. The molecule has 0 saturated carbocycles. The number of carbonyl (C=O) groups is 1. The van der Waals surface area contributed by atoms with E-state index in [1.807, 2.05) is 0 Å². The molecule has 1 aromatic rings. The maximum absolute atomic E-state index is 12.0. The number of β-amino-alcohol motifs (C(OH)–C–C–N with tert-alkyl or cyclic N) is 1. The monoisotopic (exact) mass is 284 g/mol. The third-order valence-corrected chi connectivity index (χ3v) is 3.39. The van der Waals surface area contributed by atoms with Crippen molar-refractivity contribution in [1.29, 1.82) is 0 Å². The van der Waals surface area contributed by atoms with Gasteiger partial charge in [0.1, 0.15) is 0 Å². The summed E-state index contributed by atoms with van der Waals surface area (Å²) in [6.07, 6.45) is 1.06. The Morgan fingerprint density at radius 2 is 1.84 bits per heavy atom. The number of aliphatic hydroxyl groups is 1. The zero-order chi connectivity index (χ0) is 14.3. The third-order valence-electron chi connectivity index (χ3n) is 2.79. The van der Waals surface area contributed by atoms with Gasteiger partial charge in [-0.15, -0.1) is 0 Å². The second kappa shape index (κ2) is 4.50. The van der Waals surface area contributed by atoms with Gasteiger partial charge in [0.2, 0.25) is 10.0 Å². The molecule has 0 unspecified atom stereocenters. The number of benzene rings is 1. The predicted molar refractivity (Wildman–Crippen MR) is 71.4 cm³/mol. The Morgan fingerprint density at radius 1 is 1.32 bits per heavy atom. The zero-order valence-corrected chi connectivity index (χ0v) is 11.6. The van der Waals surface area contributed by atoms with Crippen LogP contribution >= 0.6 is 0 Å². The number of rotatable bonds is 3. The van der Waals surface area contributed by atoms with Gasteiger partial charge >= 0.3 is 0 Å². The van der Waals surface area contributed by atoms with E-state index in [0.717, 1.165) is 6.26 Å².